The number of hydrogen-bond acceptors (Lipinski definition) is 1. The van der Waals surface area contributed by atoms with Crippen LogP contribution < -0.4 is 12.4 Å². The Balaban J connectivity index is 0.00000270. The van der Waals surface area contributed by atoms with Crippen LogP contribution in [0.4, 0.5) is 26.3 Å². The van der Waals surface area contributed by atoms with Crippen molar-refractivity contribution in [2.75, 3.05) is 26.2 Å². The molecule has 2 unspecified atom stereocenters. The summed E-state index contributed by atoms with van der Waals surface area (Å²) in [5, 5.41) is 0.733. The van der Waals surface area contributed by atoms with Crippen molar-refractivity contribution in [3.63, 3.8) is 0 Å². The average Bonchev–Trinajstić information content (AvgIpc) is 3.21. The topological polar surface area (TPSA) is 51.8 Å². The zero-order chi connectivity index (χ0) is 33.8. The predicted molar refractivity (Wildman–Crippen MR) is 174 cm³/mol. The minimum absolute atomic E-state index is 0. The molecule has 3 aromatic rings. The van der Waals surface area contributed by atoms with E-state index in [1.807, 2.05) is 18.2 Å². The second-order valence-corrected chi connectivity index (χ2v) is 14.5. The number of piperidine rings is 3. The van der Waals surface area contributed by atoms with Crippen LogP contribution in [0.1, 0.15) is 73.3 Å². The molecule has 0 spiro atoms. The third-order valence-electron chi connectivity index (χ3n) is 11.3. The van der Waals surface area contributed by atoms with Gasteiger partial charge in [0.05, 0.1) is 46.2 Å². The summed E-state index contributed by atoms with van der Waals surface area (Å²) in [6.45, 7) is 4.65. The Morgan fingerprint density at radius 3 is 2.00 bits per heavy atom. The van der Waals surface area contributed by atoms with Crippen LogP contribution in [0.3, 0.4) is 0 Å². The Hall–Kier alpha value is -2.50. The van der Waals surface area contributed by atoms with E-state index in [1.165, 1.54) is 10.5 Å². The maximum absolute atomic E-state index is 13.8. The van der Waals surface area contributed by atoms with Gasteiger partial charge in [-0.05, 0) is 66.8 Å². The lowest BCUT2D eigenvalue weighted by molar-refractivity contribution is -0.970. The van der Waals surface area contributed by atoms with Crippen LogP contribution in [-0.4, -0.2) is 53.0 Å². The van der Waals surface area contributed by atoms with Crippen molar-refractivity contribution in [3.8, 4) is 0 Å². The van der Waals surface area contributed by atoms with Crippen LogP contribution in [0.15, 0.2) is 66.7 Å². The summed E-state index contributed by atoms with van der Waals surface area (Å²) >= 11 is 13.0. The van der Waals surface area contributed by atoms with Crippen LogP contribution in [0.25, 0.3) is 0 Å². The Labute approximate surface area is 298 Å². The van der Waals surface area contributed by atoms with Gasteiger partial charge in [0.1, 0.15) is 6.04 Å². The summed E-state index contributed by atoms with van der Waals surface area (Å²) < 4.78 is 83.5. The quantitative estimate of drug-likeness (QED) is 0.225. The molecule has 7 rings (SSSR count). The molecule has 2 N–H and O–H groups in total. The average molecular weight is 752 g/mol. The van der Waals surface area contributed by atoms with Gasteiger partial charge in [0, 0.05) is 44.2 Å². The summed E-state index contributed by atoms with van der Waals surface area (Å²) in [7, 11) is 0. The van der Waals surface area contributed by atoms with Crippen molar-refractivity contribution >= 4 is 29.1 Å². The summed E-state index contributed by atoms with van der Waals surface area (Å²) in [5.74, 6) is -0.297. The molecule has 0 saturated carbocycles. The van der Waals surface area contributed by atoms with Crippen LogP contribution in [0.2, 0.25) is 10.0 Å². The molecule has 2 atom stereocenters. The van der Waals surface area contributed by atoms with Crippen LogP contribution in [0.5, 0.6) is 0 Å². The predicted octanol–water partition coefficient (Wildman–Crippen LogP) is 6.00. The number of rotatable bonds is 6. The number of nitrogens with zero attached hydrogens (tertiary/aromatic N) is 2. The van der Waals surface area contributed by atoms with Gasteiger partial charge in [0.15, 0.2) is 0 Å². The van der Waals surface area contributed by atoms with Crippen molar-refractivity contribution < 1.29 is 53.5 Å². The number of quaternary nitrogens is 1. The van der Waals surface area contributed by atoms with Gasteiger partial charge in [-0.3, -0.25) is 4.79 Å². The number of alkyl halides is 6. The van der Waals surface area contributed by atoms with E-state index in [1.54, 1.807) is 6.07 Å². The lowest BCUT2D eigenvalue weighted by atomic mass is 9.56. The molecule has 49 heavy (non-hydrogen) atoms. The minimum Gasteiger partial charge on any atom is -1.00 e. The molecule has 0 aromatic heterocycles. The highest BCUT2D eigenvalue weighted by atomic mass is 35.5. The van der Waals surface area contributed by atoms with Crippen molar-refractivity contribution in [1.82, 2.24) is 4.90 Å². The molecule has 4 aliphatic heterocycles. The molecule has 4 nitrogen and oxygen atoms in total. The fourth-order valence-corrected chi connectivity index (χ4v) is 9.14. The zero-order valence-electron chi connectivity index (χ0n) is 26.9. The summed E-state index contributed by atoms with van der Waals surface area (Å²) in [6, 6.07) is 17.5. The molecule has 268 valence electrons. The van der Waals surface area contributed by atoms with Gasteiger partial charge in [-0.1, -0.05) is 59.6 Å². The third-order valence-corrected chi connectivity index (χ3v) is 12.1. The lowest BCUT2D eigenvalue weighted by Gasteiger charge is -2.64. The first-order chi connectivity index (χ1) is 22.1. The van der Waals surface area contributed by atoms with E-state index in [0.717, 1.165) is 61.1 Å². The minimum atomic E-state index is -4.99. The maximum atomic E-state index is 13.8. The molecule has 0 aliphatic carbocycles. The number of carbonyl (C=O) groups excluding carboxylic acids is 1. The molecule has 0 radical (unpaired) electrons. The number of benzene rings is 3. The van der Waals surface area contributed by atoms with E-state index in [-0.39, 0.29) is 66.4 Å². The van der Waals surface area contributed by atoms with Gasteiger partial charge in [-0.25, -0.2) is 0 Å². The number of hydrogen-bond donors (Lipinski definition) is 0. The number of likely N-dealkylation sites (tertiary alicyclic amines) is 1. The highest BCUT2D eigenvalue weighted by Gasteiger charge is 2.62. The first kappa shape index (κ1) is 39.3. The van der Waals surface area contributed by atoms with Gasteiger partial charge in [-0.2, -0.15) is 26.3 Å². The number of amides is 1. The van der Waals surface area contributed by atoms with Gasteiger partial charge in [0.25, 0.3) is 0 Å². The Morgan fingerprint density at radius 1 is 0.837 bits per heavy atom. The van der Waals surface area contributed by atoms with Crippen LogP contribution in [0, 0.1) is 0 Å². The fourth-order valence-electron chi connectivity index (χ4n) is 8.85. The van der Waals surface area contributed by atoms with Crippen LogP contribution >= 0.6 is 23.2 Å². The van der Waals surface area contributed by atoms with E-state index in [0.29, 0.717) is 22.9 Å². The van der Waals surface area contributed by atoms with E-state index in [9.17, 15) is 31.1 Å². The highest BCUT2D eigenvalue weighted by molar-refractivity contribution is 6.42. The Morgan fingerprint density at radius 2 is 1.45 bits per heavy atom. The van der Waals surface area contributed by atoms with Gasteiger partial charge < -0.3 is 27.3 Å². The zero-order valence-corrected chi connectivity index (χ0v) is 29.2. The standard InChI is InChI=1S/C36H37Cl2F6N2O.ClH.H2O/c1-2-46-15-13-33(14-16-46,25-7-4-3-5-8-25)21-31(46)34(26-10-11-29(37)30(38)20-26)12-6-9-32(47)45(23-34)22-24-17-27(35(39,40)41)19-28(18-24)36(42,43)44;;/h3-5,7-8,10-11,17-20,31H,2,6,9,12-16,21-23H2,1H3;1H;1H2/q+1;;/p-1. The second kappa shape index (κ2) is 14.3. The molecular formula is C36H39Cl3F6N2O2. The monoisotopic (exact) mass is 750 g/mol. The second-order valence-electron chi connectivity index (χ2n) is 13.7. The smallest absolute Gasteiger partial charge is 0.416 e. The number of carbonyl (C=O) groups is 1. The lowest BCUT2D eigenvalue weighted by Crippen LogP contribution is -3.00. The molecule has 4 fully saturated rings. The highest BCUT2D eigenvalue weighted by Crippen LogP contribution is 2.56. The van der Waals surface area contributed by atoms with E-state index in [4.69, 9.17) is 23.2 Å². The summed E-state index contributed by atoms with van der Waals surface area (Å²) in [4.78, 5) is 15.2. The molecule has 13 heteroatoms. The van der Waals surface area contributed by atoms with Crippen LogP contribution in [-0.2, 0) is 34.5 Å². The SMILES string of the molecule is CC[N+]12CCC(c3ccccc3)(CC1)CC2C1(c2ccc(Cl)c(Cl)c2)CCCC(=O)N(Cc2cc(C(F)(F)F)cc(C(F)(F)F)c2)C1.O.[Cl-]. The van der Waals surface area contributed by atoms with Crippen molar-refractivity contribution in [2.45, 2.75) is 81.2 Å². The molecule has 3 aromatic carbocycles. The normalized spacial score (nSPS) is 27.2. The first-order valence-corrected chi connectivity index (χ1v) is 16.8. The molecule has 1 amide bonds. The molecule has 4 saturated heterocycles. The summed E-state index contributed by atoms with van der Waals surface area (Å²) in [6.07, 6.45) is -5.87. The third kappa shape index (κ3) is 7.31. The summed E-state index contributed by atoms with van der Waals surface area (Å²) in [5.41, 5.74) is -1.62. The largest absolute Gasteiger partial charge is 1.00 e. The van der Waals surface area contributed by atoms with Crippen molar-refractivity contribution in [3.05, 3.63) is 105 Å². The van der Waals surface area contributed by atoms with Gasteiger partial charge >= 0.3 is 12.4 Å². The Kier molecular flexibility index (Phi) is 11.4. The molecular weight excluding hydrogens is 713 g/mol. The van der Waals surface area contributed by atoms with E-state index in [2.05, 4.69) is 31.2 Å². The maximum Gasteiger partial charge on any atom is 0.416 e. The fraction of sp³-hybridized carbons (Fsp3) is 0.472. The van der Waals surface area contributed by atoms with Crippen molar-refractivity contribution in [1.29, 1.82) is 0 Å². The molecule has 4 heterocycles. The van der Waals surface area contributed by atoms with Gasteiger partial charge in [0.2, 0.25) is 5.91 Å². The number of likely N-dealkylation sites (N-methyl/N-ethyl adjacent to an activating group) is 1. The van der Waals surface area contributed by atoms with E-state index < -0.39 is 28.9 Å². The van der Waals surface area contributed by atoms with Crippen molar-refractivity contribution in [2.24, 2.45) is 0 Å². The Bertz CT molecular complexity index is 1610. The van der Waals surface area contributed by atoms with E-state index >= 15 is 0 Å². The number of halogens is 9. The number of fused-ring (bicyclic) bond motifs is 3. The van der Waals surface area contributed by atoms with Gasteiger partial charge in [-0.15, -0.1) is 0 Å². The molecule has 2 bridgehead atoms. The first-order valence-electron chi connectivity index (χ1n) is 16.0. The molecule has 4 aliphatic rings.